The fourth-order valence-electron chi connectivity index (χ4n) is 2.68. The van der Waals surface area contributed by atoms with Crippen LogP contribution in [0.3, 0.4) is 0 Å². The highest BCUT2D eigenvalue weighted by Gasteiger charge is 2.30. The third-order valence-corrected chi connectivity index (χ3v) is 3.84. The number of carbonyl (C=O) groups is 3. The van der Waals surface area contributed by atoms with Crippen molar-refractivity contribution >= 4 is 28.9 Å². The number of urea groups is 1. The van der Waals surface area contributed by atoms with E-state index in [9.17, 15) is 14.4 Å². The molecule has 0 saturated carbocycles. The first kappa shape index (κ1) is 17.5. The highest BCUT2D eigenvalue weighted by atomic mass is 16.5. The molecular formula is C18H18N2O6. The van der Waals surface area contributed by atoms with Crippen molar-refractivity contribution in [2.24, 2.45) is 0 Å². The SMILES string of the molecule is CCOC(=O)C1=C(COC(=O)c2cc3ccccc3o2)NC(=O)N[C@H]1C. The van der Waals surface area contributed by atoms with Crippen LogP contribution in [0.4, 0.5) is 4.79 Å². The topological polar surface area (TPSA) is 107 Å². The molecule has 136 valence electrons. The normalized spacial score (nSPS) is 16.8. The molecule has 8 heteroatoms. The minimum atomic E-state index is -0.697. The van der Waals surface area contributed by atoms with Gasteiger partial charge in [0.2, 0.25) is 5.76 Å². The number of hydrogen-bond acceptors (Lipinski definition) is 6. The van der Waals surface area contributed by atoms with E-state index in [-0.39, 0.29) is 30.2 Å². The number of hydrogen-bond donors (Lipinski definition) is 2. The molecule has 0 unspecified atom stereocenters. The number of rotatable bonds is 5. The zero-order chi connectivity index (χ0) is 18.7. The second-order valence-corrected chi connectivity index (χ2v) is 5.66. The summed E-state index contributed by atoms with van der Waals surface area (Å²) >= 11 is 0. The van der Waals surface area contributed by atoms with Crippen LogP contribution in [0.15, 0.2) is 46.0 Å². The molecule has 0 aliphatic carbocycles. The number of carbonyl (C=O) groups excluding carboxylic acids is 3. The number of benzene rings is 1. The fraction of sp³-hybridized carbons (Fsp3) is 0.278. The summed E-state index contributed by atoms with van der Waals surface area (Å²) in [6, 6.07) is 7.69. The lowest BCUT2D eigenvalue weighted by Crippen LogP contribution is -2.50. The number of nitrogens with one attached hydrogen (secondary N) is 2. The van der Waals surface area contributed by atoms with Crippen LogP contribution >= 0.6 is 0 Å². The molecule has 2 N–H and O–H groups in total. The van der Waals surface area contributed by atoms with Crippen molar-refractivity contribution in [2.45, 2.75) is 19.9 Å². The summed E-state index contributed by atoms with van der Waals surface area (Å²) in [6.45, 7) is 3.22. The van der Waals surface area contributed by atoms with Gasteiger partial charge in [0.25, 0.3) is 0 Å². The van der Waals surface area contributed by atoms with Gasteiger partial charge < -0.3 is 24.5 Å². The maximum atomic E-state index is 12.2. The van der Waals surface area contributed by atoms with Crippen LogP contribution in [0, 0.1) is 0 Å². The Bertz CT molecular complexity index is 865. The van der Waals surface area contributed by atoms with Crippen molar-refractivity contribution in [3.8, 4) is 0 Å². The van der Waals surface area contributed by atoms with E-state index in [1.165, 1.54) is 0 Å². The van der Waals surface area contributed by atoms with E-state index < -0.39 is 24.0 Å². The van der Waals surface area contributed by atoms with E-state index in [0.717, 1.165) is 5.39 Å². The molecule has 26 heavy (non-hydrogen) atoms. The van der Waals surface area contributed by atoms with Crippen molar-refractivity contribution in [2.75, 3.05) is 13.2 Å². The number of amides is 2. The predicted octanol–water partition coefficient (Wildman–Crippen LogP) is 2.11. The van der Waals surface area contributed by atoms with Gasteiger partial charge >= 0.3 is 18.0 Å². The number of fused-ring (bicyclic) bond motifs is 1. The van der Waals surface area contributed by atoms with Crippen molar-refractivity contribution in [3.63, 3.8) is 0 Å². The zero-order valence-corrected chi connectivity index (χ0v) is 14.3. The minimum Gasteiger partial charge on any atom is -0.463 e. The van der Waals surface area contributed by atoms with Crippen LogP contribution < -0.4 is 10.6 Å². The lowest BCUT2D eigenvalue weighted by Gasteiger charge is -2.26. The van der Waals surface area contributed by atoms with Crippen LogP contribution in [-0.4, -0.2) is 37.2 Å². The smallest absolute Gasteiger partial charge is 0.374 e. The Balaban J connectivity index is 1.78. The molecule has 1 aromatic heterocycles. The molecule has 2 amide bonds. The molecule has 2 aromatic rings. The Labute approximate surface area is 149 Å². The summed E-state index contributed by atoms with van der Waals surface area (Å²) in [6.07, 6.45) is 0. The Kier molecular flexibility index (Phi) is 4.92. The Morgan fingerprint density at radius 3 is 2.69 bits per heavy atom. The minimum absolute atomic E-state index is 0.0396. The average Bonchev–Trinajstić information content (AvgIpc) is 3.03. The van der Waals surface area contributed by atoms with Crippen LogP contribution in [-0.2, 0) is 14.3 Å². The Hall–Kier alpha value is -3.29. The quantitative estimate of drug-likeness (QED) is 0.793. The van der Waals surface area contributed by atoms with E-state index in [4.69, 9.17) is 13.9 Å². The molecule has 1 atom stereocenters. The van der Waals surface area contributed by atoms with Crippen LogP contribution in [0.5, 0.6) is 0 Å². The average molecular weight is 358 g/mol. The van der Waals surface area contributed by atoms with E-state index in [2.05, 4.69) is 10.6 Å². The van der Waals surface area contributed by atoms with Gasteiger partial charge in [-0.2, -0.15) is 0 Å². The van der Waals surface area contributed by atoms with Gasteiger partial charge in [-0.3, -0.25) is 0 Å². The zero-order valence-electron chi connectivity index (χ0n) is 14.3. The molecule has 8 nitrogen and oxygen atoms in total. The Morgan fingerprint density at radius 2 is 1.96 bits per heavy atom. The largest absolute Gasteiger partial charge is 0.463 e. The monoisotopic (exact) mass is 358 g/mol. The van der Waals surface area contributed by atoms with Crippen molar-refractivity contribution in [3.05, 3.63) is 47.4 Å². The number of ether oxygens (including phenoxy) is 2. The third kappa shape index (κ3) is 3.53. The van der Waals surface area contributed by atoms with Gasteiger partial charge in [0, 0.05) is 5.39 Å². The van der Waals surface area contributed by atoms with Gasteiger partial charge in [0.15, 0.2) is 0 Å². The molecule has 1 aromatic carbocycles. The van der Waals surface area contributed by atoms with Crippen LogP contribution in [0.25, 0.3) is 11.0 Å². The molecule has 1 aliphatic heterocycles. The summed E-state index contributed by atoms with van der Waals surface area (Å²) in [4.78, 5) is 36.0. The molecule has 2 heterocycles. The van der Waals surface area contributed by atoms with Gasteiger partial charge in [-0.15, -0.1) is 0 Å². The van der Waals surface area contributed by atoms with Crippen molar-refractivity contribution in [1.82, 2.24) is 10.6 Å². The summed E-state index contributed by atoms with van der Waals surface area (Å²) in [7, 11) is 0. The predicted molar refractivity (Wildman–Crippen MR) is 91.3 cm³/mol. The standard InChI is InChI=1S/C18H18N2O6/c1-3-24-17(22)15-10(2)19-18(23)20-12(15)9-25-16(21)14-8-11-6-4-5-7-13(11)26-14/h4-8,10H,3,9H2,1-2H3,(H2,19,20,23)/t10-/m0/s1. The maximum absolute atomic E-state index is 12.2. The molecule has 0 spiro atoms. The van der Waals surface area contributed by atoms with Crippen molar-refractivity contribution in [1.29, 1.82) is 0 Å². The molecular weight excluding hydrogens is 340 g/mol. The maximum Gasteiger partial charge on any atom is 0.374 e. The van der Waals surface area contributed by atoms with Gasteiger partial charge in [-0.25, -0.2) is 14.4 Å². The lowest BCUT2D eigenvalue weighted by molar-refractivity contribution is -0.139. The summed E-state index contributed by atoms with van der Waals surface area (Å²) < 4.78 is 15.7. The van der Waals surface area contributed by atoms with E-state index in [1.54, 1.807) is 32.0 Å². The second kappa shape index (κ2) is 7.30. The van der Waals surface area contributed by atoms with Gasteiger partial charge in [-0.1, -0.05) is 18.2 Å². The fourth-order valence-corrected chi connectivity index (χ4v) is 2.68. The Morgan fingerprint density at radius 1 is 1.19 bits per heavy atom. The molecule has 0 saturated heterocycles. The van der Waals surface area contributed by atoms with Crippen molar-refractivity contribution < 1.29 is 28.3 Å². The van der Waals surface area contributed by atoms with Crippen LogP contribution in [0.1, 0.15) is 24.4 Å². The van der Waals surface area contributed by atoms with Crippen LogP contribution in [0.2, 0.25) is 0 Å². The summed E-state index contributed by atoms with van der Waals surface area (Å²) in [5.74, 6) is -1.24. The third-order valence-electron chi connectivity index (χ3n) is 3.84. The van der Waals surface area contributed by atoms with Gasteiger partial charge in [0.1, 0.15) is 12.2 Å². The summed E-state index contributed by atoms with van der Waals surface area (Å²) in [5, 5.41) is 5.83. The first-order valence-electron chi connectivity index (χ1n) is 8.13. The first-order valence-corrected chi connectivity index (χ1v) is 8.13. The number of furan rings is 1. The number of esters is 2. The van der Waals surface area contributed by atoms with E-state index in [1.807, 2.05) is 12.1 Å². The lowest BCUT2D eigenvalue weighted by atomic mass is 10.0. The second-order valence-electron chi connectivity index (χ2n) is 5.66. The van der Waals surface area contributed by atoms with Gasteiger partial charge in [0.05, 0.1) is 23.9 Å². The molecule has 1 aliphatic rings. The van der Waals surface area contributed by atoms with E-state index >= 15 is 0 Å². The molecule has 0 fully saturated rings. The number of para-hydroxylation sites is 1. The first-order chi connectivity index (χ1) is 12.5. The molecule has 0 radical (unpaired) electrons. The highest BCUT2D eigenvalue weighted by molar-refractivity contribution is 5.95. The molecule has 3 rings (SSSR count). The molecule has 0 bridgehead atoms. The summed E-state index contributed by atoms with van der Waals surface area (Å²) in [5.41, 5.74) is 0.961. The highest BCUT2D eigenvalue weighted by Crippen LogP contribution is 2.20. The van der Waals surface area contributed by atoms with Gasteiger partial charge in [-0.05, 0) is 26.0 Å². The van der Waals surface area contributed by atoms with E-state index in [0.29, 0.717) is 5.58 Å².